The van der Waals surface area contributed by atoms with Gasteiger partial charge in [0.05, 0.1) is 0 Å². The van der Waals surface area contributed by atoms with Crippen LogP contribution in [-0.4, -0.2) is 24.7 Å². The largest absolute Gasteiger partial charge is 0.372 e. The summed E-state index contributed by atoms with van der Waals surface area (Å²) >= 11 is 0. The Hall–Kier alpha value is -2.68. The van der Waals surface area contributed by atoms with Crippen molar-refractivity contribution < 1.29 is 9.59 Å². The lowest BCUT2D eigenvalue weighted by molar-refractivity contribution is -0.109. The molecule has 0 aliphatic heterocycles. The average molecular weight is 305 g/mol. The van der Waals surface area contributed by atoms with Crippen molar-refractivity contribution >= 4 is 28.9 Å². The summed E-state index contributed by atoms with van der Waals surface area (Å²) in [6, 6.07) is 15.2. The van der Waals surface area contributed by atoms with E-state index in [2.05, 4.69) is 18.7 Å². The number of fused-ring (bicyclic) bond motifs is 1. The molecule has 1 aliphatic carbocycles. The van der Waals surface area contributed by atoms with Gasteiger partial charge in [-0.1, -0.05) is 36.4 Å². The van der Waals surface area contributed by atoms with E-state index in [1.165, 1.54) is 0 Å². The monoisotopic (exact) mass is 305 g/mol. The van der Waals surface area contributed by atoms with Gasteiger partial charge in [0, 0.05) is 29.9 Å². The third-order valence-corrected chi connectivity index (χ3v) is 4.25. The van der Waals surface area contributed by atoms with E-state index >= 15 is 0 Å². The quantitative estimate of drug-likeness (QED) is 0.636. The predicted octanol–water partition coefficient (Wildman–Crippen LogP) is 3.84. The summed E-state index contributed by atoms with van der Waals surface area (Å²) in [7, 11) is 0. The second kappa shape index (κ2) is 6.21. The third kappa shape index (κ3) is 2.70. The topological polar surface area (TPSA) is 37.4 Å². The smallest absolute Gasteiger partial charge is 0.234 e. The first-order valence-corrected chi connectivity index (χ1v) is 7.90. The number of nitrogens with zero attached hydrogens (tertiary/aromatic N) is 1. The normalized spacial score (nSPS) is 15.1. The fraction of sp³-hybridized carbons (Fsp3) is 0.200. The fourth-order valence-corrected chi connectivity index (χ4v) is 2.96. The van der Waals surface area contributed by atoms with Crippen molar-refractivity contribution in [2.45, 2.75) is 13.8 Å². The van der Waals surface area contributed by atoms with E-state index in [-0.39, 0.29) is 0 Å². The molecule has 0 unspecified atom stereocenters. The molecule has 0 saturated heterocycles. The highest BCUT2D eigenvalue weighted by molar-refractivity contribution is 6.64. The zero-order chi connectivity index (χ0) is 16.4. The number of carbonyl (C=O) groups excluding carboxylic acids is 2. The molecular formula is C20H19NO2. The minimum Gasteiger partial charge on any atom is -0.372 e. The maximum atomic E-state index is 12.2. The molecule has 0 N–H and O–H groups in total. The molecule has 116 valence electrons. The van der Waals surface area contributed by atoms with Gasteiger partial charge in [0.1, 0.15) is 0 Å². The lowest BCUT2D eigenvalue weighted by Crippen LogP contribution is -2.21. The van der Waals surface area contributed by atoms with Gasteiger partial charge in [0.25, 0.3) is 0 Å². The molecule has 0 heterocycles. The Labute approximate surface area is 136 Å². The maximum absolute atomic E-state index is 12.2. The Bertz CT molecular complexity index is 784. The zero-order valence-electron chi connectivity index (χ0n) is 13.4. The number of allylic oxidation sites excluding steroid dienone is 1. The van der Waals surface area contributed by atoms with E-state index in [0.717, 1.165) is 29.9 Å². The number of ketones is 2. The molecule has 3 heteroatoms. The third-order valence-electron chi connectivity index (χ3n) is 4.25. The molecule has 3 rings (SSSR count). The fourth-order valence-electron chi connectivity index (χ4n) is 2.96. The van der Waals surface area contributed by atoms with Crippen LogP contribution in [0.2, 0.25) is 0 Å². The average Bonchev–Trinajstić information content (AvgIpc) is 2.83. The number of benzene rings is 2. The SMILES string of the molecule is CCN(CC)c1ccc(C=C2C(=O)C(=O)c3ccccc32)cc1. The summed E-state index contributed by atoms with van der Waals surface area (Å²) in [6.45, 7) is 6.16. The van der Waals surface area contributed by atoms with Crippen molar-refractivity contribution in [2.75, 3.05) is 18.0 Å². The van der Waals surface area contributed by atoms with Crippen LogP contribution in [0.1, 0.15) is 35.3 Å². The minimum atomic E-state index is -0.418. The number of hydrogen-bond donors (Lipinski definition) is 0. The summed E-state index contributed by atoms with van der Waals surface area (Å²) in [6.07, 6.45) is 1.80. The molecule has 0 aromatic heterocycles. The molecule has 0 saturated carbocycles. The van der Waals surface area contributed by atoms with Crippen molar-refractivity contribution in [3.63, 3.8) is 0 Å². The Morgan fingerprint density at radius 3 is 2.04 bits per heavy atom. The zero-order valence-corrected chi connectivity index (χ0v) is 13.4. The molecule has 0 fully saturated rings. The van der Waals surface area contributed by atoms with Gasteiger partial charge >= 0.3 is 0 Å². The van der Waals surface area contributed by atoms with Crippen molar-refractivity contribution in [3.8, 4) is 0 Å². The standard InChI is InChI=1S/C20H19NO2/c1-3-21(4-2)15-11-9-14(10-12-15)13-18-16-7-5-6-8-17(16)19(22)20(18)23/h5-13H,3-4H2,1-2H3. The molecule has 0 spiro atoms. The Morgan fingerprint density at radius 1 is 0.826 bits per heavy atom. The number of carbonyl (C=O) groups is 2. The second-order valence-corrected chi connectivity index (χ2v) is 5.53. The van der Waals surface area contributed by atoms with Crippen LogP contribution in [0.15, 0.2) is 48.5 Å². The van der Waals surface area contributed by atoms with Gasteiger partial charge in [0.2, 0.25) is 11.6 Å². The van der Waals surface area contributed by atoms with Crippen LogP contribution in [0.25, 0.3) is 11.6 Å². The molecule has 2 aromatic carbocycles. The molecule has 0 radical (unpaired) electrons. The molecule has 2 aromatic rings. The van der Waals surface area contributed by atoms with Crippen molar-refractivity contribution in [1.29, 1.82) is 0 Å². The van der Waals surface area contributed by atoms with Crippen LogP contribution < -0.4 is 4.90 Å². The molecular weight excluding hydrogens is 286 g/mol. The van der Waals surface area contributed by atoms with Crippen molar-refractivity contribution in [2.24, 2.45) is 0 Å². The van der Waals surface area contributed by atoms with Crippen LogP contribution in [-0.2, 0) is 4.79 Å². The van der Waals surface area contributed by atoms with Crippen LogP contribution in [0.3, 0.4) is 0 Å². The Balaban J connectivity index is 1.96. The summed E-state index contributed by atoms with van der Waals surface area (Å²) in [5.41, 5.74) is 3.81. The maximum Gasteiger partial charge on any atom is 0.234 e. The van der Waals surface area contributed by atoms with Crippen LogP contribution >= 0.6 is 0 Å². The van der Waals surface area contributed by atoms with Gasteiger partial charge in [-0.2, -0.15) is 0 Å². The van der Waals surface area contributed by atoms with Gasteiger partial charge in [0.15, 0.2) is 0 Å². The number of anilines is 1. The lowest BCUT2D eigenvalue weighted by atomic mass is 10.0. The van der Waals surface area contributed by atoms with Crippen LogP contribution in [0, 0.1) is 0 Å². The number of hydrogen-bond acceptors (Lipinski definition) is 3. The Kier molecular flexibility index (Phi) is 4.11. The summed E-state index contributed by atoms with van der Waals surface area (Å²) < 4.78 is 0. The summed E-state index contributed by atoms with van der Waals surface area (Å²) in [4.78, 5) is 26.5. The van der Waals surface area contributed by atoms with E-state index in [1.54, 1.807) is 18.2 Å². The minimum absolute atomic E-state index is 0.411. The van der Waals surface area contributed by atoms with Gasteiger partial charge < -0.3 is 4.90 Å². The van der Waals surface area contributed by atoms with E-state index in [0.29, 0.717) is 11.1 Å². The first-order chi connectivity index (χ1) is 11.2. The molecule has 3 nitrogen and oxygen atoms in total. The highest BCUT2D eigenvalue weighted by Gasteiger charge is 2.32. The summed E-state index contributed by atoms with van der Waals surface area (Å²) in [5.74, 6) is -0.828. The first kappa shape index (κ1) is 15.2. The highest BCUT2D eigenvalue weighted by Crippen LogP contribution is 2.31. The van der Waals surface area contributed by atoms with Gasteiger partial charge in [-0.3, -0.25) is 9.59 Å². The van der Waals surface area contributed by atoms with Crippen molar-refractivity contribution in [1.82, 2.24) is 0 Å². The van der Waals surface area contributed by atoms with Gasteiger partial charge in [-0.25, -0.2) is 0 Å². The first-order valence-electron chi connectivity index (χ1n) is 7.90. The highest BCUT2D eigenvalue weighted by atomic mass is 16.2. The van der Waals surface area contributed by atoms with E-state index < -0.39 is 11.6 Å². The molecule has 23 heavy (non-hydrogen) atoms. The van der Waals surface area contributed by atoms with E-state index in [1.807, 2.05) is 36.4 Å². The van der Waals surface area contributed by atoms with Gasteiger partial charge in [-0.05, 0) is 43.2 Å². The lowest BCUT2D eigenvalue weighted by Gasteiger charge is -2.20. The molecule has 0 amide bonds. The molecule has 0 atom stereocenters. The number of Topliss-reactive ketones (excluding diaryl/α,β-unsaturated/α-hetero) is 2. The molecule has 1 aliphatic rings. The summed E-state index contributed by atoms with van der Waals surface area (Å²) in [5, 5.41) is 0. The Morgan fingerprint density at radius 2 is 1.43 bits per heavy atom. The van der Waals surface area contributed by atoms with E-state index in [4.69, 9.17) is 0 Å². The second-order valence-electron chi connectivity index (χ2n) is 5.53. The van der Waals surface area contributed by atoms with Crippen LogP contribution in [0.5, 0.6) is 0 Å². The van der Waals surface area contributed by atoms with Gasteiger partial charge in [-0.15, -0.1) is 0 Å². The van der Waals surface area contributed by atoms with Crippen molar-refractivity contribution in [3.05, 3.63) is 65.2 Å². The van der Waals surface area contributed by atoms with E-state index in [9.17, 15) is 9.59 Å². The molecule has 0 bridgehead atoms. The number of rotatable bonds is 4. The van der Waals surface area contributed by atoms with Crippen LogP contribution in [0.4, 0.5) is 5.69 Å². The predicted molar refractivity (Wildman–Crippen MR) is 93.7 cm³/mol.